The summed E-state index contributed by atoms with van der Waals surface area (Å²) in [5, 5.41) is 2.89. The van der Waals surface area contributed by atoms with E-state index in [4.69, 9.17) is 4.74 Å². The van der Waals surface area contributed by atoms with E-state index in [-0.39, 0.29) is 12.5 Å². The summed E-state index contributed by atoms with van der Waals surface area (Å²) in [6.07, 6.45) is 1.29. The van der Waals surface area contributed by atoms with Gasteiger partial charge in [-0.15, -0.1) is 0 Å². The number of hydrogen-bond donors (Lipinski definition) is 1. The third kappa shape index (κ3) is 5.33. The molecule has 1 amide bonds. The number of nitrogens with zero attached hydrogens (tertiary/aromatic N) is 2. The molecule has 1 N–H and O–H groups in total. The zero-order chi connectivity index (χ0) is 24.4. The van der Waals surface area contributed by atoms with Gasteiger partial charge >= 0.3 is 0 Å². The summed E-state index contributed by atoms with van der Waals surface area (Å²) in [7, 11) is -3.54. The van der Waals surface area contributed by atoms with Gasteiger partial charge in [0.1, 0.15) is 5.75 Å². The van der Waals surface area contributed by atoms with Crippen LogP contribution in [0.25, 0.3) is 0 Å². The maximum absolute atomic E-state index is 12.8. The van der Waals surface area contributed by atoms with Gasteiger partial charge in [-0.1, -0.05) is 60.7 Å². The molecule has 1 unspecified atom stereocenters. The predicted molar refractivity (Wildman–Crippen MR) is 136 cm³/mol. The first-order valence-electron chi connectivity index (χ1n) is 11.7. The molecule has 8 heteroatoms. The number of amides is 1. The van der Waals surface area contributed by atoms with E-state index in [1.54, 1.807) is 24.3 Å². The van der Waals surface area contributed by atoms with Gasteiger partial charge in [-0.05, 0) is 40.8 Å². The van der Waals surface area contributed by atoms with Crippen molar-refractivity contribution < 1.29 is 17.9 Å². The van der Waals surface area contributed by atoms with Gasteiger partial charge in [-0.3, -0.25) is 14.0 Å². The number of rotatable bonds is 6. The van der Waals surface area contributed by atoms with Gasteiger partial charge in [0.25, 0.3) is 5.91 Å². The van der Waals surface area contributed by atoms with E-state index in [0.717, 1.165) is 37.9 Å². The second kappa shape index (κ2) is 9.71. The number of anilines is 1. The molecule has 0 saturated carbocycles. The lowest BCUT2D eigenvalue weighted by Crippen LogP contribution is -2.50. The molecule has 0 aliphatic carbocycles. The molecule has 35 heavy (non-hydrogen) atoms. The Labute approximate surface area is 206 Å². The van der Waals surface area contributed by atoms with Gasteiger partial charge in [0.05, 0.1) is 18.5 Å². The summed E-state index contributed by atoms with van der Waals surface area (Å²) in [4.78, 5) is 15.3. The molecule has 0 bridgehead atoms. The first-order valence-corrected chi connectivity index (χ1v) is 13.6. The first kappa shape index (κ1) is 23.4. The van der Waals surface area contributed by atoms with E-state index < -0.39 is 16.1 Å². The van der Waals surface area contributed by atoms with Crippen LogP contribution in [0.15, 0.2) is 72.8 Å². The largest absolute Gasteiger partial charge is 0.476 e. The van der Waals surface area contributed by atoms with E-state index >= 15 is 0 Å². The molecule has 0 fully saturated rings. The highest BCUT2D eigenvalue weighted by Gasteiger charge is 2.34. The van der Waals surface area contributed by atoms with Crippen LogP contribution in [0.1, 0.15) is 22.3 Å². The lowest BCUT2D eigenvalue weighted by atomic mass is 9.99. The standard InChI is InChI=1S/C27H29N3O4S/c1-35(32,33)30-19-26(34-25-9-5-4-8-24(25)30)27(31)28-16-20-10-12-21(13-11-20)17-29-15-14-22-6-2-3-7-23(22)18-29/h2-13,26H,14-19H2,1H3,(H,28,31). The minimum Gasteiger partial charge on any atom is -0.476 e. The number of ether oxygens (including phenoxy) is 1. The molecule has 3 aromatic rings. The topological polar surface area (TPSA) is 79.0 Å². The fraction of sp³-hybridized carbons (Fsp3) is 0.296. The molecule has 182 valence electrons. The van der Waals surface area contributed by atoms with Crippen molar-refractivity contribution in [2.45, 2.75) is 32.2 Å². The summed E-state index contributed by atoms with van der Waals surface area (Å²) in [5.74, 6) is 0.0400. The molecule has 2 heterocycles. The molecule has 5 rings (SSSR count). The van der Waals surface area contributed by atoms with Crippen molar-refractivity contribution in [3.05, 3.63) is 95.1 Å². The minimum absolute atomic E-state index is 0.0560. The van der Waals surface area contributed by atoms with Crippen LogP contribution < -0.4 is 14.4 Å². The SMILES string of the molecule is CS(=O)(=O)N1CC(C(=O)NCc2ccc(CN3CCc4ccccc4C3)cc2)Oc2ccccc21. The molecule has 0 spiro atoms. The van der Waals surface area contributed by atoms with Gasteiger partial charge in [0.15, 0.2) is 6.10 Å². The Balaban J connectivity index is 1.17. The smallest absolute Gasteiger partial charge is 0.263 e. The third-order valence-electron chi connectivity index (χ3n) is 6.53. The van der Waals surface area contributed by atoms with Crippen LogP contribution in [0, 0.1) is 0 Å². The molecule has 2 aliphatic heterocycles. The van der Waals surface area contributed by atoms with E-state index in [9.17, 15) is 13.2 Å². The Morgan fingerprint density at radius 2 is 1.66 bits per heavy atom. The fourth-order valence-corrected chi connectivity index (χ4v) is 5.58. The van der Waals surface area contributed by atoms with Crippen LogP contribution in [0.5, 0.6) is 5.75 Å². The molecular formula is C27H29N3O4S. The Kier molecular flexibility index (Phi) is 6.49. The number of para-hydroxylation sites is 2. The molecule has 2 aliphatic rings. The second-order valence-corrected chi connectivity index (χ2v) is 11.0. The highest BCUT2D eigenvalue weighted by atomic mass is 32.2. The number of benzene rings is 3. The van der Waals surface area contributed by atoms with Crippen LogP contribution in [0.3, 0.4) is 0 Å². The average Bonchev–Trinajstić information content (AvgIpc) is 2.87. The number of sulfonamides is 1. The van der Waals surface area contributed by atoms with Gasteiger partial charge in [-0.2, -0.15) is 0 Å². The molecule has 3 aromatic carbocycles. The van der Waals surface area contributed by atoms with Crippen LogP contribution in [0.2, 0.25) is 0 Å². The van der Waals surface area contributed by atoms with Gasteiger partial charge in [-0.25, -0.2) is 8.42 Å². The zero-order valence-electron chi connectivity index (χ0n) is 19.7. The third-order valence-corrected chi connectivity index (χ3v) is 7.68. The molecule has 0 saturated heterocycles. The van der Waals surface area contributed by atoms with Crippen molar-refractivity contribution in [3.8, 4) is 5.75 Å². The second-order valence-electron chi connectivity index (χ2n) is 9.13. The monoisotopic (exact) mass is 491 g/mol. The molecule has 0 aromatic heterocycles. The van der Waals surface area contributed by atoms with Crippen molar-refractivity contribution in [2.24, 2.45) is 0 Å². The van der Waals surface area contributed by atoms with Crippen molar-refractivity contribution >= 4 is 21.6 Å². The summed E-state index contributed by atoms with van der Waals surface area (Å²) >= 11 is 0. The Morgan fingerprint density at radius 1 is 0.971 bits per heavy atom. The van der Waals surface area contributed by atoms with Gasteiger partial charge in [0.2, 0.25) is 10.0 Å². The lowest BCUT2D eigenvalue weighted by molar-refractivity contribution is -0.127. The van der Waals surface area contributed by atoms with Crippen molar-refractivity contribution in [1.82, 2.24) is 10.2 Å². The summed E-state index contributed by atoms with van der Waals surface area (Å²) in [6, 6.07) is 23.7. The van der Waals surface area contributed by atoms with E-state index in [1.165, 1.54) is 21.0 Å². The van der Waals surface area contributed by atoms with Gasteiger partial charge < -0.3 is 10.1 Å². The predicted octanol–water partition coefficient (Wildman–Crippen LogP) is 3.09. The maximum atomic E-state index is 12.8. The van der Waals surface area contributed by atoms with E-state index in [2.05, 4.69) is 46.6 Å². The maximum Gasteiger partial charge on any atom is 0.263 e. The number of fused-ring (bicyclic) bond motifs is 2. The van der Waals surface area contributed by atoms with Crippen LogP contribution in [0.4, 0.5) is 5.69 Å². The molecular weight excluding hydrogens is 462 g/mol. The molecule has 7 nitrogen and oxygen atoms in total. The summed E-state index contributed by atoms with van der Waals surface area (Å²) in [6.45, 7) is 3.18. The lowest BCUT2D eigenvalue weighted by Gasteiger charge is -2.33. The first-order chi connectivity index (χ1) is 16.9. The van der Waals surface area contributed by atoms with E-state index in [0.29, 0.717) is 18.0 Å². The van der Waals surface area contributed by atoms with Gasteiger partial charge in [0, 0.05) is 26.2 Å². The highest BCUT2D eigenvalue weighted by molar-refractivity contribution is 7.92. The van der Waals surface area contributed by atoms with Crippen LogP contribution in [-0.4, -0.2) is 44.7 Å². The summed E-state index contributed by atoms with van der Waals surface area (Å²) < 4.78 is 31.6. The average molecular weight is 492 g/mol. The molecule has 1 atom stereocenters. The van der Waals surface area contributed by atoms with Crippen molar-refractivity contribution in [2.75, 3.05) is 23.7 Å². The highest BCUT2D eigenvalue weighted by Crippen LogP contribution is 2.34. The number of carbonyl (C=O) groups excluding carboxylic acids is 1. The fourth-order valence-electron chi connectivity index (χ4n) is 4.67. The summed E-state index contributed by atoms with van der Waals surface area (Å²) in [5.41, 5.74) is 5.50. The number of hydrogen-bond acceptors (Lipinski definition) is 5. The van der Waals surface area contributed by atoms with E-state index in [1.807, 2.05) is 12.1 Å². The minimum atomic E-state index is -3.54. The Hall–Kier alpha value is -3.36. The van der Waals surface area contributed by atoms with Crippen LogP contribution >= 0.6 is 0 Å². The number of carbonyl (C=O) groups is 1. The normalized spacial score (nSPS) is 17.7. The molecule has 0 radical (unpaired) electrons. The zero-order valence-corrected chi connectivity index (χ0v) is 20.5. The quantitative estimate of drug-likeness (QED) is 0.573. The van der Waals surface area contributed by atoms with Crippen LogP contribution in [-0.2, 0) is 40.9 Å². The van der Waals surface area contributed by atoms with Crippen molar-refractivity contribution in [1.29, 1.82) is 0 Å². The van der Waals surface area contributed by atoms with Crippen molar-refractivity contribution in [3.63, 3.8) is 0 Å². The number of nitrogens with one attached hydrogen (secondary N) is 1. The Morgan fingerprint density at radius 3 is 2.43 bits per heavy atom. The Bertz CT molecular complexity index is 1320.